The molecule has 1 aromatic carbocycles. The van der Waals surface area contributed by atoms with Gasteiger partial charge in [0.15, 0.2) is 0 Å². The Kier molecular flexibility index (Phi) is 4.33. The van der Waals surface area contributed by atoms with Crippen molar-refractivity contribution in [3.05, 3.63) is 52.3 Å². The zero-order valence-corrected chi connectivity index (χ0v) is 11.8. The van der Waals surface area contributed by atoms with Crippen LogP contribution in [0, 0.1) is 0 Å². The Morgan fingerprint density at radius 2 is 2.22 bits per heavy atom. The Labute approximate surface area is 118 Å². The highest BCUT2D eigenvalue weighted by Crippen LogP contribution is 2.20. The number of halogens is 1. The van der Waals surface area contributed by atoms with Crippen LogP contribution in [0.2, 0.25) is 0 Å². The Morgan fingerprint density at radius 1 is 1.39 bits per heavy atom. The number of benzene rings is 1. The number of hydrogen-bond acceptors (Lipinski definition) is 4. The molecule has 0 bridgehead atoms. The van der Waals surface area contributed by atoms with Crippen molar-refractivity contribution >= 4 is 34.5 Å². The molecular weight excluding hydrogens is 314 g/mol. The summed E-state index contributed by atoms with van der Waals surface area (Å²) in [6.07, 6.45) is 1.59. The maximum absolute atomic E-state index is 12.0. The fourth-order valence-corrected chi connectivity index (χ4v) is 2.01. The van der Waals surface area contributed by atoms with Crippen LogP contribution < -0.4 is 5.32 Å². The number of thiol groups is 1. The molecular formula is C12H10BrN3OS. The molecule has 0 fully saturated rings. The molecule has 0 saturated heterocycles. The van der Waals surface area contributed by atoms with Gasteiger partial charge in [0.1, 0.15) is 0 Å². The molecule has 0 aliphatic rings. The van der Waals surface area contributed by atoms with E-state index in [1.165, 1.54) is 0 Å². The maximum Gasteiger partial charge on any atom is 0.252 e. The molecule has 4 nitrogen and oxygen atoms in total. The standard InChI is InChI=1S/C12H10BrN3OS/c13-11-4-3-9(18)6-10(11)12(17)14-7-8-2-1-5-15-16-8/h1-6,18H,7H2,(H,14,17). The largest absolute Gasteiger partial charge is 0.346 e. The van der Waals surface area contributed by atoms with Gasteiger partial charge in [-0.3, -0.25) is 4.79 Å². The quantitative estimate of drug-likeness (QED) is 0.853. The number of hydrogen-bond donors (Lipinski definition) is 2. The smallest absolute Gasteiger partial charge is 0.252 e. The topological polar surface area (TPSA) is 54.9 Å². The zero-order valence-electron chi connectivity index (χ0n) is 9.30. The summed E-state index contributed by atoms with van der Waals surface area (Å²) in [5.74, 6) is -0.177. The summed E-state index contributed by atoms with van der Waals surface area (Å²) in [5.41, 5.74) is 1.26. The third-order valence-electron chi connectivity index (χ3n) is 2.25. The number of carbonyl (C=O) groups excluding carboxylic acids is 1. The molecule has 2 rings (SSSR count). The van der Waals surface area contributed by atoms with Gasteiger partial charge < -0.3 is 5.32 Å². The van der Waals surface area contributed by atoms with E-state index in [1.807, 2.05) is 6.07 Å². The van der Waals surface area contributed by atoms with Crippen LogP contribution in [-0.4, -0.2) is 16.1 Å². The first kappa shape index (κ1) is 13.0. The monoisotopic (exact) mass is 323 g/mol. The highest BCUT2D eigenvalue weighted by molar-refractivity contribution is 9.10. The van der Waals surface area contributed by atoms with E-state index in [-0.39, 0.29) is 5.91 Å². The minimum atomic E-state index is -0.177. The summed E-state index contributed by atoms with van der Waals surface area (Å²) in [6.45, 7) is 0.343. The summed E-state index contributed by atoms with van der Waals surface area (Å²) in [6, 6.07) is 8.89. The number of aromatic nitrogens is 2. The predicted molar refractivity (Wildman–Crippen MR) is 74.6 cm³/mol. The van der Waals surface area contributed by atoms with Crippen molar-refractivity contribution < 1.29 is 4.79 Å². The molecule has 1 N–H and O–H groups in total. The normalized spacial score (nSPS) is 10.1. The van der Waals surface area contributed by atoms with Gasteiger partial charge in [-0.15, -0.1) is 12.6 Å². The summed E-state index contributed by atoms with van der Waals surface area (Å²) >= 11 is 7.55. The van der Waals surface area contributed by atoms with E-state index in [4.69, 9.17) is 0 Å². The second-order valence-electron chi connectivity index (χ2n) is 3.56. The molecule has 6 heteroatoms. The van der Waals surface area contributed by atoms with E-state index < -0.39 is 0 Å². The maximum atomic E-state index is 12.0. The minimum absolute atomic E-state index is 0.177. The van der Waals surface area contributed by atoms with E-state index in [9.17, 15) is 4.79 Å². The highest BCUT2D eigenvalue weighted by atomic mass is 79.9. The zero-order chi connectivity index (χ0) is 13.0. The molecule has 18 heavy (non-hydrogen) atoms. The Hall–Kier alpha value is -1.40. The molecule has 1 heterocycles. The molecule has 0 atom stereocenters. The van der Waals surface area contributed by atoms with E-state index in [1.54, 1.807) is 30.5 Å². The van der Waals surface area contributed by atoms with Crippen LogP contribution in [0.3, 0.4) is 0 Å². The van der Waals surface area contributed by atoms with Crippen LogP contribution in [0.15, 0.2) is 45.9 Å². The van der Waals surface area contributed by atoms with Crippen LogP contribution in [0.4, 0.5) is 0 Å². The molecule has 0 saturated carbocycles. The number of rotatable bonds is 3. The van der Waals surface area contributed by atoms with E-state index >= 15 is 0 Å². The molecule has 0 aliphatic heterocycles. The molecule has 0 unspecified atom stereocenters. The summed E-state index contributed by atoms with van der Waals surface area (Å²) in [7, 11) is 0. The number of carbonyl (C=O) groups is 1. The van der Waals surface area contributed by atoms with E-state index in [0.717, 1.165) is 9.37 Å². The molecule has 1 aromatic heterocycles. The van der Waals surface area contributed by atoms with Gasteiger partial charge in [0.25, 0.3) is 5.91 Å². The molecule has 0 aliphatic carbocycles. The van der Waals surface area contributed by atoms with Gasteiger partial charge in [-0.2, -0.15) is 10.2 Å². The number of nitrogens with one attached hydrogen (secondary N) is 1. The van der Waals surface area contributed by atoms with Crippen molar-refractivity contribution in [2.45, 2.75) is 11.4 Å². The SMILES string of the molecule is O=C(NCc1cccnn1)c1cc(S)ccc1Br. The lowest BCUT2D eigenvalue weighted by Gasteiger charge is -2.06. The second-order valence-corrected chi connectivity index (χ2v) is 4.93. The van der Waals surface area contributed by atoms with Gasteiger partial charge in [-0.05, 0) is 46.3 Å². The molecule has 0 radical (unpaired) electrons. The van der Waals surface area contributed by atoms with E-state index in [0.29, 0.717) is 17.8 Å². The fourth-order valence-electron chi connectivity index (χ4n) is 1.38. The number of nitrogens with zero attached hydrogens (tertiary/aromatic N) is 2. The van der Waals surface area contributed by atoms with Crippen molar-refractivity contribution in [1.82, 2.24) is 15.5 Å². The first-order chi connectivity index (χ1) is 8.66. The van der Waals surface area contributed by atoms with Crippen molar-refractivity contribution in [3.63, 3.8) is 0 Å². The third kappa shape index (κ3) is 3.30. The summed E-state index contributed by atoms with van der Waals surface area (Å²) < 4.78 is 0.733. The van der Waals surface area contributed by atoms with Crippen molar-refractivity contribution in [2.75, 3.05) is 0 Å². The predicted octanol–water partition coefficient (Wildman–Crippen LogP) is 2.46. The lowest BCUT2D eigenvalue weighted by Crippen LogP contribution is -2.23. The highest BCUT2D eigenvalue weighted by Gasteiger charge is 2.10. The van der Waals surface area contributed by atoms with Crippen LogP contribution in [0.25, 0.3) is 0 Å². The lowest BCUT2D eigenvalue weighted by molar-refractivity contribution is 0.0949. The molecule has 92 valence electrons. The van der Waals surface area contributed by atoms with Gasteiger partial charge >= 0.3 is 0 Å². The van der Waals surface area contributed by atoms with E-state index in [2.05, 4.69) is 44.1 Å². The molecule has 2 aromatic rings. The number of amides is 1. The lowest BCUT2D eigenvalue weighted by atomic mass is 10.2. The van der Waals surface area contributed by atoms with Crippen LogP contribution in [-0.2, 0) is 6.54 Å². The van der Waals surface area contributed by atoms with Crippen LogP contribution in [0.5, 0.6) is 0 Å². The summed E-state index contributed by atoms with van der Waals surface area (Å²) in [4.78, 5) is 12.7. The van der Waals surface area contributed by atoms with Crippen LogP contribution >= 0.6 is 28.6 Å². The average Bonchev–Trinajstić information content (AvgIpc) is 2.40. The van der Waals surface area contributed by atoms with Crippen molar-refractivity contribution in [1.29, 1.82) is 0 Å². The van der Waals surface area contributed by atoms with Gasteiger partial charge in [-0.25, -0.2) is 0 Å². The van der Waals surface area contributed by atoms with Crippen molar-refractivity contribution in [2.24, 2.45) is 0 Å². The molecule has 1 amide bonds. The summed E-state index contributed by atoms with van der Waals surface area (Å²) in [5, 5.41) is 10.4. The first-order valence-electron chi connectivity index (χ1n) is 5.20. The Balaban J connectivity index is 2.06. The fraction of sp³-hybridized carbons (Fsp3) is 0.0833. The van der Waals surface area contributed by atoms with Crippen LogP contribution in [0.1, 0.15) is 16.1 Å². The minimum Gasteiger partial charge on any atom is -0.346 e. The van der Waals surface area contributed by atoms with Crippen molar-refractivity contribution in [3.8, 4) is 0 Å². The molecule has 0 spiro atoms. The Bertz CT molecular complexity index is 563. The average molecular weight is 324 g/mol. The van der Waals surface area contributed by atoms with Gasteiger partial charge in [0.05, 0.1) is 17.8 Å². The van der Waals surface area contributed by atoms with Gasteiger partial charge in [-0.1, -0.05) is 0 Å². The Morgan fingerprint density at radius 3 is 2.94 bits per heavy atom. The second kappa shape index (κ2) is 5.97. The van der Waals surface area contributed by atoms with Gasteiger partial charge in [0.2, 0.25) is 0 Å². The van der Waals surface area contributed by atoms with Gasteiger partial charge in [0, 0.05) is 15.6 Å². The third-order valence-corrected chi connectivity index (χ3v) is 3.22. The first-order valence-corrected chi connectivity index (χ1v) is 6.44.